The number of halogens is 1. The van der Waals surface area contributed by atoms with Gasteiger partial charge >= 0.3 is 0 Å². The van der Waals surface area contributed by atoms with Crippen molar-refractivity contribution in [1.29, 1.82) is 0 Å². The average Bonchev–Trinajstić information content (AvgIpc) is 3.28. The van der Waals surface area contributed by atoms with Gasteiger partial charge in [-0.1, -0.05) is 6.07 Å². The van der Waals surface area contributed by atoms with Crippen LogP contribution in [0.3, 0.4) is 0 Å². The van der Waals surface area contributed by atoms with Crippen LogP contribution in [-0.4, -0.2) is 30.6 Å². The standard InChI is InChI=1S/C19H18BrNO3S/c20-18-7-4-14(25-18)5-8-19(22)21-9-1-2-15(21)13-3-6-16-17(12-13)24-11-10-23-16/h3-8,12,15H,1-2,9-11H2/b8-5+. The molecular formula is C19H18BrNO3S. The second-order valence-corrected chi connectivity index (χ2v) is 8.56. The first-order valence-electron chi connectivity index (χ1n) is 8.34. The number of thiophene rings is 1. The molecule has 0 N–H and O–H groups in total. The van der Waals surface area contributed by atoms with Crippen molar-refractivity contribution in [2.24, 2.45) is 0 Å². The molecule has 25 heavy (non-hydrogen) atoms. The van der Waals surface area contributed by atoms with Crippen molar-refractivity contribution in [3.63, 3.8) is 0 Å². The van der Waals surface area contributed by atoms with Gasteiger partial charge in [0.2, 0.25) is 5.91 Å². The highest BCUT2D eigenvalue weighted by atomic mass is 79.9. The van der Waals surface area contributed by atoms with Gasteiger partial charge in [-0.05, 0) is 64.7 Å². The van der Waals surface area contributed by atoms with E-state index in [1.807, 2.05) is 41.3 Å². The Balaban J connectivity index is 1.52. The van der Waals surface area contributed by atoms with Crippen LogP contribution in [0.15, 0.2) is 40.2 Å². The molecule has 0 saturated carbocycles. The normalized spacial score (nSPS) is 19.6. The minimum absolute atomic E-state index is 0.0573. The number of nitrogens with zero attached hydrogens (tertiary/aromatic N) is 1. The predicted octanol–water partition coefficient (Wildman–Crippen LogP) is 4.66. The molecule has 1 saturated heterocycles. The van der Waals surface area contributed by atoms with E-state index in [9.17, 15) is 4.79 Å². The molecule has 4 nitrogen and oxygen atoms in total. The zero-order chi connectivity index (χ0) is 17.2. The Morgan fingerprint density at radius 2 is 2.04 bits per heavy atom. The Kier molecular flexibility index (Phi) is 4.81. The molecule has 2 aromatic rings. The molecule has 1 aromatic carbocycles. The zero-order valence-electron chi connectivity index (χ0n) is 13.6. The smallest absolute Gasteiger partial charge is 0.247 e. The Hall–Kier alpha value is -1.79. The lowest BCUT2D eigenvalue weighted by Gasteiger charge is -2.26. The molecule has 4 rings (SSSR count). The second kappa shape index (κ2) is 7.22. The molecule has 1 fully saturated rings. The van der Waals surface area contributed by atoms with Gasteiger partial charge in [0.1, 0.15) is 13.2 Å². The number of fused-ring (bicyclic) bond motifs is 1. The van der Waals surface area contributed by atoms with E-state index < -0.39 is 0 Å². The van der Waals surface area contributed by atoms with E-state index in [1.54, 1.807) is 17.4 Å². The number of hydrogen-bond donors (Lipinski definition) is 0. The third-order valence-corrected chi connectivity index (χ3v) is 6.06. The number of rotatable bonds is 3. The molecule has 2 aliphatic heterocycles. The van der Waals surface area contributed by atoms with Crippen molar-refractivity contribution in [2.45, 2.75) is 18.9 Å². The number of amides is 1. The van der Waals surface area contributed by atoms with E-state index in [4.69, 9.17) is 9.47 Å². The highest BCUT2D eigenvalue weighted by Crippen LogP contribution is 2.38. The quantitative estimate of drug-likeness (QED) is 0.679. The fraction of sp³-hybridized carbons (Fsp3) is 0.316. The van der Waals surface area contributed by atoms with Gasteiger partial charge in [0.15, 0.2) is 11.5 Å². The number of benzene rings is 1. The topological polar surface area (TPSA) is 38.8 Å². The van der Waals surface area contributed by atoms with Crippen molar-refractivity contribution in [2.75, 3.05) is 19.8 Å². The predicted molar refractivity (Wildman–Crippen MR) is 102 cm³/mol. The lowest BCUT2D eigenvalue weighted by atomic mass is 10.0. The Morgan fingerprint density at radius 1 is 1.20 bits per heavy atom. The maximum atomic E-state index is 12.7. The third kappa shape index (κ3) is 3.60. The van der Waals surface area contributed by atoms with Gasteiger partial charge in [-0.3, -0.25) is 4.79 Å². The van der Waals surface area contributed by atoms with Crippen molar-refractivity contribution < 1.29 is 14.3 Å². The molecule has 0 bridgehead atoms. The molecule has 0 spiro atoms. The first-order valence-corrected chi connectivity index (χ1v) is 9.95. The molecule has 3 heterocycles. The Bertz CT molecular complexity index is 817. The fourth-order valence-electron chi connectivity index (χ4n) is 3.31. The second-order valence-electron chi connectivity index (χ2n) is 6.07. The summed E-state index contributed by atoms with van der Waals surface area (Å²) in [5.74, 6) is 1.62. The van der Waals surface area contributed by atoms with Crippen molar-refractivity contribution in [3.8, 4) is 11.5 Å². The largest absolute Gasteiger partial charge is 0.486 e. The maximum absolute atomic E-state index is 12.7. The van der Waals surface area contributed by atoms with E-state index >= 15 is 0 Å². The maximum Gasteiger partial charge on any atom is 0.247 e. The van der Waals surface area contributed by atoms with E-state index in [1.165, 1.54) is 0 Å². The van der Waals surface area contributed by atoms with Gasteiger partial charge < -0.3 is 14.4 Å². The van der Waals surface area contributed by atoms with Crippen LogP contribution in [0.1, 0.15) is 29.3 Å². The van der Waals surface area contributed by atoms with Gasteiger partial charge in [-0.25, -0.2) is 0 Å². The third-order valence-electron chi connectivity index (χ3n) is 4.47. The molecule has 1 amide bonds. The van der Waals surface area contributed by atoms with Crippen LogP contribution in [0.4, 0.5) is 0 Å². The minimum atomic E-state index is 0.0573. The number of likely N-dealkylation sites (tertiary alicyclic amines) is 1. The molecule has 1 atom stereocenters. The average molecular weight is 420 g/mol. The van der Waals surface area contributed by atoms with Gasteiger partial charge in [0, 0.05) is 17.5 Å². The van der Waals surface area contributed by atoms with Crippen molar-refractivity contribution in [3.05, 3.63) is 50.6 Å². The SMILES string of the molecule is O=C(/C=C/c1ccc(Br)s1)N1CCCC1c1ccc2c(c1)OCCO2. The van der Waals surface area contributed by atoms with Gasteiger partial charge in [0.25, 0.3) is 0 Å². The monoisotopic (exact) mass is 419 g/mol. The number of hydrogen-bond acceptors (Lipinski definition) is 4. The molecule has 1 unspecified atom stereocenters. The molecule has 1 aromatic heterocycles. The van der Waals surface area contributed by atoms with Gasteiger partial charge in [0.05, 0.1) is 9.83 Å². The summed E-state index contributed by atoms with van der Waals surface area (Å²) in [6.07, 6.45) is 5.55. The van der Waals surface area contributed by atoms with E-state index in [0.29, 0.717) is 13.2 Å². The Labute approximate surface area is 159 Å². The van der Waals surface area contributed by atoms with E-state index in [-0.39, 0.29) is 11.9 Å². The van der Waals surface area contributed by atoms with E-state index in [0.717, 1.165) is 45.1 Å². The minimum Gasteiger partial charge on any atom is -0.486 e. The zero-order valence-corrected chi connectivity index (χ0v) is 16.0. The van der Waals surface area contributed by atoms with Crippen molar-refractivity contribution >= 4 is 39.2 Å². The van der Waals surface area contributed by atoms with Crippen LogP contribution in [0.2, 0.25) is 0 Å². The number of carbonyl (C=O) groups excluding carboxylic acids is 1. The summed E-state index contributed by atoms with van der Waals surface area (Å²) in [6.45, 7) is 1.95. The summed E-state index contributed by atoms with van der Waals surface area (Å²) >= 11 is 5.06. The van der Waals surface area contributed by atoms with E-state index in [2.05, 4.69) is 15.9 Å². The Morgan fingerprint density at radius 3 is 2.84 bits per heavy atom. The number of ether oxygens (including phenoxy) is 2. The van der Waals surface area contributed by atoms with Crippen LogP contribution < -0.4 is 9.47 Å². The molecule has 0 aliphatic carbocycles. The lowest BCUT2D eigenvalue weighted by Crippen LogP contribution is -2.29. The first-order chi connectivity index (χ1) is 12.2. The van der Waals surface area contributed by atoms with Crippen LogP contribution in [0.5, 0.6) is 11.5 Å². The van der Waals surface area contributed by atoms with Crippen LogP contribution in [-0.2, 0) is 4.79 Å². The summed E-state index contributed by atoms with van der Waals surface area (Å²) in [6, 6.07) is 10.1. The molecular weight excluding hydrogens is 402 g/mol. The van der Waals surface area contributed by atoms with Crippen molar-refractivity contribution in [1.82, 2.24) is 4.90 Å². The van der Waals surface area contributed by atoms with Crippen LogP contribution in [0.25, 0.3) is 6.08 Å². The highest BCUT2D eigenvalue weighted by Gasteiger charge is 2.29. The summed E-state index contributed by atoms with van der Waals surface area (Å²) in [5.41, 5.74) is 1.11. The summed E-state index contributed by atoms with van der Waals surface area (Å²) in [4.78, 5) is 15.7. The summed E-state index contributed by atoms with van der Waals surface area (Å²) < 4.78 is 12.3. The highest BCUT2D eigenvalue weighted by molar-refractivity contribution is 9.11. The van der Waals surface area contributed by atoms with Gasteiger partial charge in [-0.2, -0.15) is 0 Å². The summed E-state index contributed by atoms with van der Waals surface area (Å²) in [5, 5.41) is 0. The lowest BCUT2D eigenvalue weighted by molar-refractivity contribution is -0.126. The van der Waals surface area contributed by atoms with Gasteiger partial charge in [-0.15, -0.1) is 11.3 Å². The molecule has 6 heteroatoms. The van der Waals surface area contributed by atoms with Crippen LogP contribution in [0, 0.1) is 0 Å². The number of carbonyl (C=O) groups is 1. The fourth-order valence-corrected chi connectivity index (χ4v) is 4.64. The molecule has 0 radical (unpaired) electrons. The molecule has 2 aliphatic rings. The first kappa shape index (κ1) is 16.7. The molecule has 130 valence electrons. The van der Waals surface area contributed by atoms with Crippen LogP contribution >= 0.6 is 27.3 Å². The summed E-state index contributed by atoms with van der Waals surface area (Å²) in [7, 11) is 0.